The van der Waals surface area contributed by atoms with E-state index in [-0.39, 0.29) is 0 Å². The third kappa shape index (κ3) is 1.20. The van der Waals surface area contributed by atoms with E-state index in [4.69, 9.17) is 4.52 Å². The summed E-state index contributed by atoms with van der Waals surface area (Å²) < 4.78 is 5.27. The largest absolute Gasteiger partial charge is 0.356 e. The number of aryl methyl sites for hydroxylation is 1. The van der Waals surface area contributed by atoms with Gasteiger partial charge < -0.3 is 9.84 Å². The number of hydrogen-bond donors (Lipinski definition) is 1. The average molecular weight is 190 g/mol. The van der Waals surface area contributed by atoms with E-state index in [1.54, 1.807) is 0 Å². The van der Waals surface area contributed by atoms with Crippen molar-refractivity contribution >= 4 is 5.57 Å². The zero-order valence-corrected chi connectivity index (χ0v) is 8.29. The van der Waals surface area contributed by atoms with Crippen molar-refractivity contribution in [2.45, 2.75) is 25.8 Å². The lowest BCUT2D eigenvalue weighted by atomic mass is 9.79. The molecule has 1 fully saturated rings. The van der Waals surface area contributed by atoms with E-state index >= 15 is 0 Å². The first-order valence-corrected chi connectivity index (χ1v) is 5.19. The second kappa shape index (κ2) is 2.95. The van der Waals surface area contributed by atoms with Crippen LogP contribution in [0.15, 0.2) is 16.7 Å². The Balaban J connectivity index is 1.85. The van der Waals surface area contributed by atoms with Crippen molar-refractivity contribution in [2.75, 3.05) is 6.54 Å². The monoisotopic (exact) mass is 190 g/mol. The molecule has 0 amide bonds. The van der Waals surface area contributed by atoms with Crippen LogP contribution in [0, 0.1) is 12.8 Å². The summed E-state index contributed by atoms with van der Waals surface area (Å²) >= 11 is 0. The Morgan fingerprint density at radius 3 is 3.07 bits per heavy atom. The number of nitrogens with zero attached hydrogens (tertiary/aromatic N) is 1. The highest BCUT2D eigenvalue weighted by Gasteiger charge is 2.33. The Hall–Kier alpha value is -1.09. The van der Waals surface area contributed by atoms with Gasteiger partial charge in [0, 0.05) is 18.7 Å². The summed E-state index contributed by atoms with van der Waals surface area (Å²) in [5, 5.41) is 7.37. The highest BCUT2D eigenvalue weighted by molar-refractivity contribution is 5.63. The third-order valence-electron chi connectivity index (χ3n) is 3.26. The van der Waals surface area contributed by atoms with Crippen LogP contribution in [-0.4, -0.2) is 17.7 Å². The SMILES string of the molecule is Cc1cc(C2=CC[C@H]3CN[C@H]3C2)on1. The molecule has 3 rings (SSSR count). The van der Waals surface area contributed by atoms with Crippen molar-refractivity contribution in [1.29, 1.82) is 0 Å². The van der Waals surface area contributed by atoms with Crippen LogP contribution in [0.5, 0.6) is 0 Å². The van der Waals surface area contributed by atoms with Crippen molar-refractivity contribution in [1.82, 2.24) is 10.5 Å². The molecular weight excluding hydrogens is 176 g/mol. The van der Waals surface area contributed by atoms with E-state index in [9.17, 15) is 0 Å². The van der Waals surface area contributed by atoms with E-state index in [1.165, 1.54) is 18.5 Å². The Labute approximate surface area is 83.2 Å². The molecule has 0 saturated carbocycles. The Morgan fingerprint density at radius 1 is 1.57 bits per heavy atom. The highest BCUT2D eigenvalue weighted by Crippen LogP contribution is 2.34. The Kier molecular flexibility index (Phi) is 1.74. The van der Waals surface area contributed by atoms with Crippen molar-refractivity contribution in [2.24, 2.45) is 5.92 Å². The molecule has 1 aromatic rings. The summed E-state index contributed by atoms with van der Waals surface area (Å²) in [6.07, 6.45) is 4.59. The summed E-state index contributed by atoms with van der Waals surface area (Å²) in [5.74, 6) is 1.82. The fourth-order valence-corrected chi connectivity index (χ4v) is 2.27. The quantitative estimate of drug-likeness (QED) is 0.733. The van der Waals surface area contributed by atoms with Gasteiger partial charge >= 0.3 is 0 Å². The van der Waals surface area contributed by atoms with Crippen molar-refractivity contribution < 1.29 is 4.52 Å². The predicted octanol–water partition coefficient (Wildman–Crippen LogP) is 1.75. The van der Waals surface area contributed by atoms with Gasteiger partial charge in [0.25, 0.3) is 0 Å². The van der Waals surface area contributed by atoms with E-state index < -0.39 is 0 Å². The molecule has 74 valence electrons. The van der Waals surface area contributed by atoms with Crippen LogP contribution in [0.1, 0.15) is 24.3 Å². The lowest BCUT2D eigenvalue weighted by Gasteiger charge is -2.40. The minimum absolute atomic E-state index is 0.681. The molecule has 1 aliphatic carbocycles. The third-order valence-corrected chi connectivity index (χ3v) is 3.26. The first-order chi connectivity index (χ1) is 6.83. The minimum atomic E-state index is 0.681. The van der Waals surface area contributed by atoms with Crippen LogP contribution in [0.3, 0.4) is 0 Å². The van der Waals surface area contributed by atoms with Gasteiger partial charge in [-0.1, -0.05) is 11.2 Å². The molecule has 1 aromatic heterocycles. The number of aromatic nitrogens is 1. The first kappa shape index (κ1) is 8.24. The fourth-order valence-electron chi connectivity index (χ4n) is 2.27. The molecular formula is C11H14N2O. The van der Waals surface area contributed by atoms with Gasteiger partial charge in [-0.05, 0) is 31.3 Å². The molecule has 0 spiro atoms. The van der Waals surface area contributed by atoms with Gasteiger partial charge in [0.05, 0.1) is 5.69 Å². The van der Waals surface area contributed by atoms with Crippen molar-refractivity contribution in [3.8, 4) is 0 Å². The lowest BCUT2D eigenvalue weighted by Crippen LogP contribution is -2.53. The van der Waals surface area contributed by atoms with Crippen LogP contribution >= 0.6 is 0 Å². The first-order valence-electron chi connectivity index (χ1n) is 5.19. The van der Waals surface area contributed by atoms with Crippen LogP contribution < -0.4 is 5.32 Å². The fraction of sp³-hybridized carbons (Fsp3) is 0.545. The molecule has 0 radical (unpaired) electrons. The standard InChI is InChI=1S/C11H14N2O/c1-7-4-11(14-13-7)8-2-3-9-6-12-10(9)5-8/h2,4,9-10,12H,3,5-6H2,1H3/t9-,10-/m0/s1. The van der Waals surface area contributed by atoms with E-state index in [0.29, 0.717) is 6.04 Å². The van der Waals surface area contributed by atoms with E-state index in [1.807, 2.05) is 13.0 Å². The van der Waals surface area contributed by atoms with E-state index in [0.717, 1.165) is 23.8 Å². The van der Waals surface area contributed by atoms with Crippen LogP contribution in [-0.2, 0) is 0 Å². The maximum Gasteiger partial charge on any atom is 0.162 e. The summed E-state index contributed by atoms with van der Waals surface area (Å²) in [6, 6.07) is 2.70. The molecule has 1 saturated heterocycles. The molecule has 0 aromatic carbocycles. The molecule has 0 unspecified atom stereocenters. The normalized spacial score (nSPS) is 30.5. The summed E-state index contributed by atoms with van der Waals surface area (Å²) in [5.41, 5.74) is 2.28. The van der Waals surface area contributed by atoms with Crippen molar-refractivity contribution in [3.05, 3.63) is 23.6 Å². The van der Waals surface area contributed by atoms with Crippen molar-refractivity contribution in [3.63, 3.8) is 0 Å². The zero-order valence-electron chi connectivity index (χ0n) is 8.29. The van der Waals surface area contributed by atoms with Gasteiger partial charge in [0.2, 0.25) is 0 Å². The molecule has 2 atom stereocenters. The molecule has 0 bridgehead atoms. The van der Waals surface area contributed by atoms with Gasteiger partial charge in [0.1, 0.15) is 0 Å². The number of allylic oxidation sites excluding steroid dienone is 1. The number of hydrogen-bond acceptors (Lipinski definition) is 3. The Morgan fingerprint density at radius 2 is 2.50 bits per heavy atom. The predicted molar refractivity (Wildman–Crippen MR) is 53.7 cm³/mol. The second-order valence-corrected chi connectivity index (χ2v) is 4.28. The second-order valence-electron chi connectivity index (χ2n) is 4.28. The summed E-state index contributed by atoms with van der Waals surface area (Å²) in [6.45, 7) is 3.14. The number of nitrogens with one attached hydrogen (secondary N) is 1. The van der Waals surface area contributed by atoms with Crippen LogP contribution in [0.25, 0.3) is 5.57 Å². The topological polar surface area (TPSA) is 38.1 Å². The number of fused-ring (bicyclic) bond motifs is 1. The van der Waals surface area contributed by atoms with E-state index in [2.05, 4.69) is 16.5 Å². The number of rotatable bonds is 1. The maximum atomic E-state index is 5.27. The lowest BCUT2D eigenvalue weighted by molar-refractivity contribution is 0.229. The molecule has 1 aliphatic heterocycles. The smallest absolute Gasteiger partial charge is 0.162 e. The van der Waals surface area contributed by atoms with Gasteiger partial charge in [-0.15, -0.1) is 0 Å². The zero-order chi connectivity index (χ0) is 9.54. The summed E-state index contributed by atoms with van der Waals surface area (Å²) in [7, 11) is 0. The summed E-state index contributed by atoms with van der Waals surface area (Å²) in [4.78, 5) is 0. The highest BCUT2D eigenvalue weighted by atomic mass is 16.5. The molecule has 3 nitrogen and oxygen atoms in total. The Bertz CT molecular complexity index is 380. The molecule has 14 heavy (non-hydrogen) atoms. The molecule has 2 aliphatic rings. The van der Waals surface area contributed by atoms with Gasteiger partial charge in [-0.25, -0.2) is 0 Å². The van der Waals surface area contributed by atoms with Gasteiger partial charge in [-0.2, -0.15) is 0 Å². The van der Waals surface area contributed by atoms with Crippen LogP contribution in [0.2, 0.25) is 0 Å². The van der Waals surface area contributed by atoms with Gasteiger partial charge in [-0.3, -0.25) is 0 Å². The van der Waals surface area contributed by atoms with Crippen LogP contribution in [0.4, 0.5) is 0 Å². The average Bonchev–Trinajstić information content (AvgIpc) is 2.54. The molecule has 3 heteroatoms. The van der Waals surface area contributed by atoms with Gasteiger partial charge in [0.15, 0.2) is 5.76 Å². The maximum absolute atomic E-state index is 5.27. The minimum Gasteiger partial charge on any atom is -0.356 e. The molecule has 2 heterocycles. The molecule has 1 N–H and O–H groups in total.